The third-order valence-electron chi connectivity index (χ3n) is 1.85. The van der Waals surface area contributed by atoms with Gasteiger partial charge in [0.05, 0.1) is 20.8 Å². The summed E-state index contributed by atoms with van der Waals surface area (Å²) in [4.78, 5) is 0. The standard InChI is InChI=1S/C9H10Cl3N5/c1-3-2-4(10)7(6(12)5(3)11)16-9(15)17-8(13)14/h2H,1H3,(H6,13,14,15,16,17). The highest BCUT2D eigenvalue weighted by molar-refractivity contribution is 6.47. The summed E-state index contributed by atoms with van der Waals surface area (Å²) >= 11 is 17.9. The van der Waals surface area contributed by atoms with Crippen molar-refractivity contribution in [1.29, 1.82) is 10.8 Å². The highest BCUT2D eigenvalue weighted by atomic mass is 35.5. The topological polar surface area (TPSA) is 97.8 Å². The van der Waals surface area contributed by atoms with Crippen LogP contribution in [0.5, 0.6) is 0 Å². The van der Waals surface area contributed by atoms with E-state index < -0.39 is 0 Å². The molecule has 5 nitrogen and oxygen atoms in total. The largest absolute Gasteiger partial charge is 0.370 e. The van der Waals surface area contributed by atoms with Gasteiger partial charge in [-0.25, -0.2) is 0 Å². The maximum atomic E-state index is 7.47. The first kappa shape index (κ1) is 13.9. The Hall–Kier alpha value is -1.17. The van der Waals surface area contributed by atoms with Crippen LogP contribution in [0.3, 0.4) is 0 Å². The third kappa shape index (κ3) is 3.39. The molecule has 6 N–H and O–H groups in total. The Morgan fingerprint density at radius 2 is 1.82 bits per heavy atom. The van der Waals surface area contributed by atoms with Crippen molar-refractivity contribution in [2.24, 2.45) is 5.73 Å². The second-order valence-corrected chi connectivity index (χ2v) is 4.38. The molecule has 0 aliphatic heterocycles. The number of rotatable bonds is 1. The monoisotopic (exact) mass is 293 g/mol. The van der Waals surface area contributed by atoms with Gasteiger partial charge >= 0.3 is 0 Å². The summed E-state index contributed by atoms with van der Waals surface area (Å²) in [5.41, 5.74) is 6.11. The second-order valence-electron chi connectivity index (χ2n) is 3.22. The molecule has 0 aliphatic carbocycles. The summed E-state index contributed by atoms with van der Waals surface area (Å²) in [6.45, 7) is 1.77. The zero-order chi connectivity index (χ0) is 13.2. The van der Waals surface area contributed by atoms with E-state index in [1.807, 2.05) is 0 Å². The normalized spacial score (nSPS) is 9.88. The predicted molar refractivity (Wildman–Crippen MR) is 72.6 cm³/mol. The number of benzene rings is 1. The molecule has 1 aromatic carbocycles. The van der Waals surface area contributed by atoms with E-state index in [2.05, 4.69) is 10.6 Å². The quantitative estimate of drug-likeness (QED) is 0.313. The Bertz CT molecular complexity index is 486. The maximum absolute atomic E-state index is 7.47. The molecule has 0 radical (unpaired) electrons. The van der Waals surface area contributed by atoms with Crippen LogP contribution in [0.15, 0.2) is 6.07 Å². The van der Waals surface area contributed by atoms with Gasteiger partial charge in [0.15, 0.2) is 11.9 Å². The van der Waals surface area contributed by atoms with Crippen LogP contribution < -0.4 is 16.4 Å². The third-order valence-corrected chi connectivity index (χ3v) is 3.11. The molecule has 0 fully saturated rings. The molecule has 8 heteroatoms. The van der Waals surface area contributed by atoms with Crippen molar-refractivity contribution in [3.63, 3.8) is 0 Å². The van der Waals surface area contributed by atoms with Crippen LogP contribution in [-0.4, -0.2) is 11.9 Å². The van der Waals surface area contributed by atoms with Crippen molar-refractivity contribution in [2.45, 2.75) is 6.92 Å². The Kier molecular flexibility index (Phi) is 4.45. The Morgan fingerprint density at radius 3 is 2.35 bits per heavy atom. The summed E-state index contributed by atoms with van der Waals surface area (Å²) in [5, 5.41) is 20.2. The van der Waals surface area contributed by atoms with Gasteiger partial charge in [-0.3, -0.25) is 16.1 Å². The van der Waals surface area contributed by atoms with Gasteiger partial charge < -0.3 is 11.1 Å². The van der Waals surface area contributed by atoms with Gasteiger partial charge in [-0.05, 0) is 18.6 Å². The van der Waals surface area contributed by atoms with Crippen LogP contribution in [0.2, 0.25) is 15.1 Å². The highest BCUT2D eigenvalue weighted by Gasteiger charge is 2.13. The van der Waals surface area contributed by atoms with Crippen molar-refractivity contribution in [2.75, 3.05) is 5.32 Å². The average Bonchev–Trinajstić information content (AvgIpc) is 2.20. The lowest BCUT2D eigenvalue weighted by atomic mass is 10.2. The molecule has 0 saturated carbocycles. The molecule has 92 valence electrons. The zero-order valence-electron chi connectivity index (χ0n) is 8.79. The van der Waals surface area contributed by atoms with Crippen LogP contribution in [-0.2, 0) is 0 Å². The minimum absolute atomic E-state index is 0.215. The summed E-state index contributed by atoms with van der Waals surface area (Å²) in [5.74, 6) is -0.589. The van der Waals surface area contributed by atoms with E-state index in [1.165, 1.54) is 0 Å². The van der Waals surface area contributed by atoms with Crippen molar-refractivity contribution in [3.05, 3.63) is 26.7 Å². The number of halogens is 3. The minimum atomic E-state index is -0.368. The maximum Gasteiger partial charge on any atom is 0.199 e. The van der Waals surface area contributed by atoms with Gasteiger partial charge in [-0.15, -0.1) is 0 Å². The molecular formula is C9H10Cl3N5. The summed E-state index contributed by atoms with van der Waals surface area (Å²) in [6, 6.07) is 1.62. The van der Waals surface area contributed by atoms with E-state index in [0.717, 1.165) is 5.56 Å². The molecule has 0 heterocycles. The Balaban J connectivity index is 3.03. The van der Waals surface area contributed by atoms with Crippen molar-refractivity contribution < 1.29 is 0 Å². The molecule has 0 bridgehead atoms. The fourth-order valence-corrected chi connectivity index (χ4v) is 1.92. The number of hydrogen-bond acceptors (Lipinski definition) is 2. The molecular weight excluding hydrogens is 284 g/mol. The van der Waals surface area contributed by atoms with Crippen molar-refractivity contribution >= 4 is 52.4 Å². The van der Waals surface area contributed by atoms with Gasteiger partial charge in [0.1, 0.15) is 0 Å². The first-order chi connectivity index (χ1) is 7.82. The molecule has 0 unspecified atom stereocenters. The van der Waals surface area contributed by atoms with Gasteiger partial charge in [-0.1, -0.05) is 34.8 Å². The highest BCUT2D eigenvalue weighted by Crippen LogP contribution is 2.38. The summed E-state index contributed by atoms with van der Waals surface area (Å²) in [6.07, 6.45) is 0. The lowest BCUT2D eigenvalue weighted by Crippen LogP contribution is -2.39. The summed E-state index contributed by atoms with van der Waals surface area (Å²) in [7, 11) is 0. The van der Waals surface area contributed by atoms with E-state index in [4.69, 9.17) is 51.4 Å². The van der Waals surface area contributed by atoms with Gasteiger partial charge in [0, 0.05) is 0 Å². The number of nitrogens with one attached hydrogen (secondary N) is 4. The molecule has 1 aromatic rings. The molecule has 0 aromatic heterocycles. The Labute approximate surface area is 113 Å². The van der Waals surface area contributed by atoms with Crippen LogP contribution in [0.1, 0.15) is 5.56 Å². The van der Waals surface area contributed by atoms with Gasteiger partial charge in [0.2, 0.25) is 0 Å². The number of guanidine groups is 2. The fourth-order valence-electron chi connectivity index (χ4n) is 1.12. The molecule has 0 saturated heterocycles. The molecule has 0 atom stereocenters. The first-order valence-corrected chi connectivity index (χ1v) is 5.57. The molecule has 0 amide bonds. The smallest absolute Gasteiger partial charge is 0.199 e. The molecule has 0 aliphatic rings. The molecule has 1 rings (SSSR count). The van der Waals surface area contributed by atoms with E-state index in [9.17, 15) is 0 Å². The minimum Gasteiger partial charge on any atom is -0.370 e. The van der Waals surface area contributed by atoms with Crippen LogP contribution >= 0.6 is 34.8 Å². The van der Waals surface area contributed by atoms with E-state index in [0.29, 0.717) is 15.7 Å². The summed E-state index contributed by atoms with van der Waals surface area (Å²) < 4.78 is 0. The number of nitrogens with two attached hydrogens (primary N) is 1. The Morgan fingerprint density at radius 1 is 1.24 bits per heavy atom. The number of aryl methyl sites for hydroxylation is 1. The van der Waals surface area contributed by atoms with Gasteiger partial charge in [-0.2, -0.15) is 0 Å². The molecule has 17 heavy (non-hydrogen) atoms. The van der Waals surface area contributed by atoms with E-state index in [1.54, 1.807) is 13.0 Å². The first-order valence-electron chi connectivity index (χ1n) is 4.43. The number of hydrogen-bond donors (Lipinski definition) is 5. The predicted octanol–water partition coefficient (Wildman–Crippen LogP) is 2.78. The van der Waals surface area contributed by atoms with Crippen molar-refractivity contribution in [3.8, 4) is 0 Å². The molecule has 0 spiro atoms. The van der Waals surface area contributed by atoms with Crippen molar-refractivity contribution in [1.82, 2.24) is 5.32 Å². The van der Waals surface area contributed by atoms with Crippen LogP contribution in [0, 0.1) is 17.7 Å². The van der Waals surface area contributed by atoms with Crippen LogP contribution in [0.4, 0.5) is 5.69 Å². The fraction of sp³-hybridized carbons (Fsp3) is 0.111. The lowest BCUT2D eigenvalue weighted by molar-refractivity contribution is 1.20. The van der Waals surface area contributed by atoms with E-state index in [-0.39, 0.29) is 16.9 Å². The second kappa shape index (κ2) is 5.44. The average molecular weight is 295 g/mol. The van der Waals surface area contributed by atoms with Gasteiger partial charge in [0.25, 0.3) is 0 Å². The van der Waals surface area contributed by atoms with E-state index >= 15 is 0 Å². The lowest BCUT2D eigenvalue weighted by Gasteiger charge is -2.14. The number of anilines is 1. The SMILES string of the molecule is Cc1cc(Cl)c(NC(=N)NC(=N)N)c(Cl)c1Cl. The van der Waals surface area contributed by atoms with Crippen LogP contribution in [0.25, 0.3) is 0 Å². The zero-order valence-corrected chi connectivity index (χ0v) is 11.1.